The van der Waals surface area contributed by atoms with Crippen molar-refractivity contribution in [1.29, 1.82) is 0 Å². The van der Waals surface area contributed by atoms with Gasteiger partial charge >= 0.3 is 12.0 Å². The van der Waals surface area contributed by atoms with Crippen molar-refractivity contribution in [2.75, 3.05) is 5.75 Å². The van der Waals surface area contributed by atoms with E-state index in [1.165, 1.54) is 11.5 Å². The van der Waals surface area contributed by atoms with Gasteiger partial charge in [-0.1, -0.05) is 0 Å². The van der Waals surface area contributed by atoms with Crippen molar-refractivity contribution < 1.29 is 23.1 Å². The summed E-state index contributed by atoms with van der Waals surface area (Å²) in [5.74, 6) is -1.28. The topological polar surface area (TPSA) is 125 Å². The number of carboxylic acids is 1. The summed E-state index contributed by atoms with van der Waals surface area (Å²) >= 11 is 1.12. The van der Waals surface area contributed by atoms with E-state index in [0.717, 1.165) is 16.7 Å². The average molecular weight is 317 g/mol. The third-order valence-corrected chi connectivity index (χ3v) is 4.66. The Bertz CT molecular complexity index is 664. The standard InChI is InChI=1S/C10H11N3O5S2/c14-9(15)7-4-19-8(13-7)3-11-10(16)12-6-1-2-20(17,18)5-6/h1-2,4,6H,3,5H2,(H,14,15)(H2,11,12,16). The summed E-state index contributed by atoms with van der Waals surface area (Å²) in [7, 11) is -3.21. The molecule has 1 aliphatic heterocycles. The molecule has 3 N–H and O–H groups in total. The molecule has 0 spiro atoms. The third kappa shape index (κ3) is 3.78. The molecular weight excluding hydrogens is 306 g/mol. The molecule has 8 nitrogen and oxygen atoms in total. The number of amides is 2. The molecule has 0 bridgehead atoms. The lowest BCUT2D eigenvalue weighted by Crippen LogP contribution is -2.42. The van der Waals surface area contributed by atoms with Gasteiger partial charge in [-0.05, 0) is 6.08 Å². The maximum Gasteiger partial charge on any atom is 0.355 e. The minimum Gasteiger partial charge on any atom is -0.476 e. The van der Waals surface area contributed by atoms with Gasteiger partial charge in [0.25, 0.3) is 0 Å². The van der Waals surface area contributed by atoms with Gasteiger partial charge in [-0.3, -0.25) is 0 Å². The lowest BCUT2D eigenvalue weighted by molar-refractivity contribution is 0.0691. The highest BCUT2D eigenvalue weighted by Gasteiger charge is 2.22. The zero-order valence-corrected chi connectivity index (χ0v) is 11.7. The van der Waals surface area contributed by atoms with E-state index in [1.807, 2.05) is 0 Å². The molecule has 2 heterocycles. The van der Waals surface area contributed by atoms with E-state index >= 15 is 0 Å². The zero-order chi connectivity index (χ0) is 14.8. The van der Waals surface area contributed by atoms with Crippen molar-refractivity contribution in [2.45, 2.75) is 12.6 Å². The molecule has 0 saturated carbocycles. The van der Waals surface area contributed by atoms with Crippen LogP contribution in [0.1, 0.15) is 15.5 Å². The molecule has 0 fully saturated rings. The summed E-state index contributed by atoms with van der Waals surface area (Å²) in [6.45, 7) is 0.0764. The maximum absolute atomic E-state index is 11.5. The van der Waals surface area contributed by atoms with Crippen LogP contribution in [-0.4, -0.2) is 42.3 Å². The van der Waals surface area contributed by atoms with Gasteiger partial charge in [0, 0.05) is 10.8 Å². The monoisotopic (exact) mass is 317 g/mol. The lowest BCUT2D eigenvalue weighted by atomic mass is 10.3. The van der Waals surface area contributed by atoms with E-state index in [2.05, 4.69) is 15.6 Å². The van der Waals surface area contributed by atoms with Crippen LogP contribution >= 0.6 is 11.3 Å². The Morgan fingerprint density at radius 3 is 2.80 bits per heavy atom. The molecule has 0 saturated heterocycles. The minimum atomic E-state index is -3.21. The fraction of sp³-hybridized carbons (Fsp3) is 0.300. The Morgan fingerprint density at radius 1 is 1.50 bits per heavy atom. The van der Waals surface area contributed by atoms with Gasteiger partial charge in [0.15, 0.2) is 15.5 Å². The van der Waals surface area contributed by atoms with Crippen LogP contribution in [0, 0.1) is 0 Å². The van der Waals surface area contributed by atoms with Gasteiger partial charge in [0.1, 0.15) is 5.01 Å². The zero-order valence-electron chi connectivity index (χ0n) is 10.1. The minimum absolute atomic E-state index is 0.0722. The number of hydrogen-bond donors (Lipinski definition) is 3. The second-order valence-corrected chi connectivity index (χ2v) is 6.90. The number of urea groups is 1. The molecule has 1 unspecified atom stereocenters. The van der Waals surface area contributed by atoms with Crippen molar-refractivity contribution >= 4 is 33.2 Å². The van der Waals surface area contributed by atoms with E-state index in [0.29, 0.717) is 5.01 Å². The number of sulfone groups is 1. The Hall–Kier alpha value is -1.94. The van der Waals surface area contributed by atoms with E-state index < -0.39 is 27.9 Å². The Labute approximate surface area is 118 Å². The molecule has 0 aliphatic carbocycles. The number of aromatic nitrogens is 1. The van der Waals surface area contributed by atoms with Crippen molar-refractivity contribution in [1.82, 2.24) is 15.6 Å². The summed E-state index contributed by atoms with van der Waals surface area (Å²) < 4.78 is 22.3. The summed E-state index contributed by atoms with van der Waals surface area (Å²) in [5, 5.41) is 16.6. The Balaban J connectivity index is 1.81. The molecule has 10 heteroatoms. The second kappa shape index (κ2) is 5.59. The van der Waals surface area contributed by atoms with Gasteiger partial charge in [-0.25, -0.2) is 23.0 Å². The quantitative estimate of drug-likeness (QED) is 0.715. The van der Waals surface area contributed by atoms with Crippen LogP contribution < -0.4 is 10.6 Å². The molecule has 0 radical (unpaired) electrons. The van der Waals surface area contributed by atoms with Crippen molar-refractivity contribution in [3.05, 3.63) is 27.6 Å². The summed E-state index contributed by atoms with van der Waals surface area (Å²) in [5.41, 5.74) is -0.0722. The van der Waals surface area contributed by atoms with E-state index in [4.69, 9.17) is 5.11 Å². The normalized spacial score (nSPS) is 19.7. The van der Waals surface area contributed by atoms with Crippen LogP contribution in [0.15, 0.2) is 16.9 Å². The highest BCUT2D eigenvalue weighted by molar-refractivity contribution is 7.94. The first kappa shape index (κ1) is 14.5. The van der Waals surface area contributed by atoms with Gasteiger partial charge in [-0.2, -0.15) is 0 Å². The summed E-state index contributed by atoms with van der Waals surface area (Å²) in [4.78, 5) is 26.0. The molecule has 108 valence electrons. The first-order valence-electron chi connectivity index (χ1n) is 5.49. The lowest BCUT2D eigenvalue weighted by Gasteiger charge is -2.10. The molecule has 1 aromatic heterocycles. The smallest absolute Gasteiger partial charge is 0.355 e. The predicted molar refractivity (Wildman–Crippen MR) is 71.2 cm³/mol. The van der Waals surface area contributed by atoms with Crippen LogP contribution in [0.3, 0.4) is 0 Å². The van der Waals surface area contributed by atoms with E-state index in [-0.39, 0.29) is 18.0 Å². The molecule has 2 rings (SSSR count). The Morgan fingerprint density at radius 2 is 2.25 bits per heavy atom. The highest BCUT2D eigenvalue weighted by Crippen LogP contribution is 2.10. The SMILES string of the molecule is O=C(NCc1nc(C(=O)O)cs1)NC1C=CS(=O)(=O)C1. The number of carbonyl (C=O) groups excluding carboxylic acids is 1. The van der Waals surface area contributed by atoms with Crippen LogP contribution in [0.4, 0.5) is 4.79 Å². The van der Waals surface area contributed by atoms with Crippen LogP contribution in [0.5, 0.6) is 0 Å². The molecule has 2 amide bonds. The highest BCUT2D eigenvalue weighted by atomic mass is 32.2. The molecule has 0 aromatic carbocycles. The number of thiazole rings is 1. The first-order chi connectivity index (χ1) is 9.35. The molecule has 1 aliphatic rings. The number of nitrogens with one attached hydrogen (secondary N) is 2. The molecule has 1 atom stereocenters. The van der Waals surface area contributed by atoms with Gasteiger partial charge in [0.05, 0.1) is 18.3 Å². The summed E-state index contributed by atoms with van der Waals surface area (Å²) in [6.07, 6.45) is 1.40. The van der Waals surface area contributed by atoms with Crippen molar-refractivity contribution in [3.63, 3.8) is 0 Å². The van der Waals surface area contributed by atoms with Gasteiger partial charge in [0.2, 0.25) is 0 Å². The van der Waals surface area contributed by atoms with Crippen LogP contribution in [0.25, 0.3) is 0 Å². The van der Waals surface area contributed by atoms with Gasteiger partial charge in [-0.15, -0.1) is 11.3 Å². The molecule has 20 heavy (non-hydrogen) atoms. The van der Waals surface area contributed by atoms with E-state index in [1.54, 1.807) is 0 Å². The molecular formula is C10H11N3O5S2. The maximum atomic E-state index is 11.5. The fourth-order valence-electron chi connectivity index (χ4n) is 1.53. The second-order valence-electron chi connectivity index (χ2n) is 4.02. The third-order valence-electron chi connectivity index (χ3n) is 2.42. The number of rotatable bonds is 4. The summed E-state index contributed by atoms with van der Waals surface area (Å²) in [6, 6.07) is -1.09. The largest absolute Gasteiger partial charge is 0.476 e. The number of carboxylic acid groups (broad SMARTS) is 1. The number of hydrogen-bond acceptors (Lipinski definition) is 6. The molecule has 1 aromatic rings. The predicted octanol–water partition coefficient (Wildman–Crippen LogP) is -0.0488. The van der Waals surface area contributed by atoms with Crippen LogP contribution in [0.2, 0.25) is 0 Å². The van der Waals surface area contributed by atoms with E-state index in [9.17, 15) is 18.0 Å². The van der Waals surface area contributed by atoms with Crippen LogP contribution in [-0.2, 0) is 16.4 Å². The fourth-order valence-corrected chi connectivity index (χ4v) is 3.47. The Kier molecular flexibility index (Phi) is 4.04. The average Bonchev–Trinajstić information content (AvgIpc) is 2.93. The van der Waals surface area contributed by atoms with Gasteiger partial charge < -0.3 is 15.7 Å². The number of aromatic carboxylic acids is 1. The van der Waals surface area contributed by atoms with Crippen molar-refractivity contribution in [2.24, 2.45) is 0 Å². The number of carbonyl (C=O) groups is 2. The first-order valence-corrected chi connectivity index (χ1v) is 8.08. The number of nitrogens with zero attached hydrogens (tertiary/aromatic N) is 1. The van der Waals surface area contributed by atoms with Crippen molar-refractivity contribution in [3.8, 4) is 0 Å².